The van der Waals surface area contributed by atoms with Crippen LogP contribution in [-0.2, 0) is 0 Å². The van der Waals surface area contributed by atoms with Crippen molar-refractivity contribution >= 4 is 33.5 Å². The van der Waals surface area contributed by atoms with Crippen LogP contribution < -0.4 is 5.32 Å². The number of carboxylic acids is 1. The number of hydrogen-bond acceptors (Lipinski definition) is 4. The predicted molar refractivity (Wildman–Crippen MR) is 72.5 cm³/mol. The van der Waals surface area contributed by atoms with Gasteiger partial charge in [0.15, 0.2) is 5.76 Å². The number of nitriles is 1. The molecule has 1 heterocycles. The Labute approximate surface area is 121 Å². The topological polar surface area (TPSA) is 103 Å². The first kappa shape index (κ1) is 13.8. The summed E-state index contributed by atoms with van der Waals surface area (Å²) < 4.78 is 5.42. The molecule has 1 aromatic heterocycles. The molecule has 7 heteroatoms. The Morgan fingerprint density at radius 3 is 2.65 bits per heavy atom. The van der Waals surface area contributed by atoms with Gasteiger partial charge in [0, 0.05) is 10.5 Å². The van der Waals surface area contributed by atoms with Crippen LogP contribution in [0.5, 0.6) is 0 Å². The molecule has 0 atom stereocenters. The number of anilines is 1. The number of nitrogens with zero attached hydrogens (tertiary/aromatic N) is 1. The zero-order valence-electron chi connectivity index (χ0n) is 9.88. The number of carbonyl (C=O) groups excluding carboxylic acids is 1. The number of furan rings is 1. The van der Waals surface area contributed by atoms with Crippen molar-refractivity contribution in [3.8, 4) is 6.07 Å². The predicted octanol–water partition coefficient (Wildman–Crippen LogP) is 2.86. The molecule has 0 fully saturated rings. The second kappa shape index (κ2) is 5.59. The monoisotopic (exact) mass is 334 g/mol. The number of aromatic carboxylic acids is 1. The van der Waals surface area contributed by atoms with Crippen molar-refractivity contribution < 1.29 is 19.1 Å². The summed E-state index contributed by atoms with van der Waals surface area (Å²) in [5.74, 6) is -1.87. The van der Waals surface area contributed by atoms with Crippen LogP contribution in [0, 0.1) is 11.3 Å². The number of carboxylic acid groups (broad SMARTS) is 1. The molecule has 1 amide bonds. The van der Waals surface area contributed by atoms with Gasteiger partial charge in [-0.3, -0.25) is 4.79 Å². The van der Waals surface area contributed by atoms with Gasteiger partial charge in [0.25, 0.3) is 5.91 Å². The SMILES string of the molecule is N#Cc1ccc(NC(=O)c2cc(C(=O)O)co2)c(Br)c1. The second-order valence-electron chi connectivity index (χ2n) is 3.77. The minimum absolute atomic E-state index is 0.103. The van der Waals surface area contributed by atoms with Crippen LogP contribution in [0.25, 0.3) is 0 Å². The molecule has 2 rings (SSSR count). The van der Waals surface area contributed by atoms with Crippen LogP contribution in [0.1, 0.15) is 26.5 Å². The Morgan fingerprint density at radius 2 is 2.10 bits per heavy atom. The number of halogens is 1. The zero-order valence-corrected chi connectivity index (χ0v) is 11.5. The van der Waals surface area contributed by atoms with E-state index >= 15 is 0 Å². The Kier molecular flexibility index (Phi) is 3.86. The molecule has 2 aromatic rings. The summed E-state index contributed by atoms with van der Waals surface area (Å²) in [5.41, 5.74) is 0.789. The van der Waals surface area contributed by atoms with Crippen molar-refractivity contribution in [1.82, 2.24) is 0 Å². The Bertz CT molecular complexity index is 730. The summed E-state index contributed by atoms with van der Waals surface area (Å²) in [6.07, 6.45) is 0.991. The molecule has 0 saturated carbocycles. The van der Waals surface area contributed by atoms with E-state index in [1.165, 1.54) is 0 Å². The number of amides is 1. The van der Waals surface area contributed by atoms with Crippen LogP contribution in [0.4, 0.5) is 5.69 Å². The second-order valence-corrected chi connectivity index (χ2v) is 4.62. The van der Waals surface area contributed by atoms with E-state index in [9.17, 15) is 9.59 Å². The minimum atomic E-state index is -1.17. The largest absolute Gasteiger partial charge is 0.478 e. The van der Waals surface area contributed by atoms with Crippen LogP contribution in [0.3, 0.4) is 0 Å². The van der Waals surface area contributed by atoms with E-state index in [-0.39, 0.29) is 11.3 Å². The summed E-state index contributed by atoms with van der Waals surface area (Å²) in [6.45, 7) is 0. The average molecular weight is 335 g/mol. The van der Waals surface area contributed by atoms with Gasteiger partial charge in [-0.25, -0.2) is 4.79 Å². The van der Waals surface area contributed by atoms with Crippen molar-refractivity contribution in [3.05, 3.63) is 51.9 Å². The third-order valence-electron chi connectivity index (χ3n) is 2.42. The Balaban J connectivity index is 2.19. The van der Waals surface area contributed by atoms with E-state index in [1.54, 1.807) is 18.2 Å². The van der Waals surface area contributed by atoms with Crippen molar-refractivity contribution in [1.29, 1.82) is 5.26 Å². The van der Waals surface area contributed by atoms with E-state index in [2.05, 4.69) is 21.2 Å². The smallest absolute Gasteiger partial charge is 0.338 e. The highest BCUT2D eigenvalue weighted by molar-refractivity contribution is 9.10. The lowest BCUT2D eigenvalue weighted by Crippen LogP contribution is -2.11. The standard InChI is InChI=1S/C13H7BrN2O4/c14-9-3-7(5-15)1-2-10(9)16-12(17)11-4-8(6-20-11)13(18)19/h1-4,6H,(H,16,17)(H,18,19). The van der Waals surface area contributed by atoms with Gasteiger partial charge < -0.3 is 14.8 Å². The molecule has 0 radical (unpaired) electrons. The zero-order chi connectivity index (χ0) is 14.7. The number of hydrogen-bond donors (Lipinski definition) is 2. The molecule has 0 aliphatic heterocycles. The van der Waals surface area contributed by atoms with Crippen LogP contribution in [0.15, 0.2) is 39.4 Å². The molecule has 0 bridgehead atoms. The number of nitrogens with one attached hydrogen (secondary N) is 1. The van der Waals surface area contributed by atoms with Gasteiger partial charge in [-0.1, -0.05) is 0 Å². The van der Waals surface area contributed by atoms with E-state index in [0.29, 0.717) is 15.7 Å². The maximum absolute atomic E-state index is 11.9. The van der Waals surface area contributed by atoms with E-state index in [1.807, 2.05) is 6.07 Å². The molecular weight excluding hydrogens is 328 g/mol. The molecule has 100 valence electrons. The lowest BCUT2D eigenvalue weighted by Gasteiger charge is -2.05. The molecule has 6 nitrogen and oxygen atoms in total. The fraction of sp³-hybridized carbons (Fsp3) is 0. The van der Waals surface area contributed by atoms with Gasteiger partial charge >= 0.3 is 5.97 Å². The van der Waals surface area contributed by atoms with Crippen molar-refractivity contribution in [3.63, 3.8) is 0 Å². The Hall–Kier alpha value is -2.59. The van der Waals surface area contributed by atoms with Gasteiger partial charge in [-0.05, 0) is 34.1 Å². The van der Waals surface area contributed by atoms with Crippen molar-refractivity contribution in [2.24, 2.45) is 0 Å². The molecule has 0 unspecified atom stereocenters. The summed E-state index contributed by atoms with van der Waals surface area (Å²) in [4.78, 5) is 22.6. The summed E-state index contributed by atoms with van der Waals surface area (Å²) in [6, 6.07) is 7.76. The van der Waals surface area contributed by atoms with Crippen LogP contribution >= 0.6 is 15.9 Å². The highest BCUT2D eigenvalue weighted by atomic mass is 79.9. The minimum Gasteiger partial charge on any atom is -0.478 e. The van der Waals surface area contributed by atoms with Crippen molar-refractivity contribution in [2.75, 3.05) is 5.32 Å². The molecule has 0 spiro atoms. The van der Waals surface area contributed by atoms with E-state index in [0.717, 1.165) is 12.3 Å². The third kappa shape index (κ3) is 2.87. The molecule has 20 heavy (non-hydrogen) atoms. The number of benzene rings is 1. The number of carbonyl (C=O) groups is 2. The molecule has 1 aromatic carbocycles. The van der Waals surface area contributed by atoms with Crippen LogP contribution in [0.2, 0.25) is 0 Å². The third-order valence-corrected chi connectivity index (χ3v) is 3.07. The van der Waals surface area contributed by atoms with Gasteiger partial charge in [-0.2, -0.15) is 5.26 Å². The number of rotatable bonds is 3. The summed E-state index contributed by atoms with van der Waals surface area (Å²) >= 11 is 3.23. The highest BCUT2D eigenvalue weighted by Crippen LogP contribution is 2.24. The van der Waals surface area contributed by atoms with Gasteiger partial charge in [0.1, 0.15) is 6.26 Å². The molecule has 0 aliphatic carbocycles. The normalized spacial score (nSPS) is 9.80. The first-order valence-electron chi connectivity index (χ1n) is 5.34. The average Bonchev–Trinajstić information content (AvgIpc) is 2.91. The van der Waals surface area contributed by atoms with E-state index in [4.69, 9.17) is 14.8 Å². The fourth-order valence-corrected chi connectivity index (χ4v) is 1.92. The first-order chi connectivity index (χ1) is 9.51. The first-order valence-corrected chi connectivity index (χ1v) is 6.13. The van der Waals surface area contributed by atoms with E-state index < -0.39 is 11.9 Å². The molecular formula is C13H7BrN2O4. The fourth-order valence-electron chi connectivity index (χ4n) is 1.44. The van der Waals surface area contributed by atoms with Crippen LogP contribution in [-0.4, -0.2) is 17.0 Å². The molecule has 0 aliphatic rings. The lowest BCUT2D eigenvalue weighted by molar-refractivity contribution is 0.0696. The highest BCUT2D eigenvalue weighted by Gasteiger charge is 2.15. The van der Waals surface area contributed by atoms with Gasteiger partial charge in [0.05, 0.1) is 22.9 Å². The molecule has 0 saturated heterocycles. The maximum atomic E-state index is 11.9. The summed E-state index contributed by atoms with van der Waals surface area (Å²) in [5, 5.41) is 20.0. The quantitative estimate of drug-likeness (QED) is 0.898. The van der Waals surface area contributed by atoms with Gasteiger partial charge in [-0.15, -0.1) is 0 Å². The Morgan fingerprint density at radius 1 is 1.35 bits per heavy atom. The molecule has 2 N–H and O–H groups in total. The van der Waals surface area contributed by atoms with Gasteiger partial charge in [0.2, 0.25) is 0 Å². The maximum Gasteiger partial charge on any atom is 0.338 e. The van der Waals surface area contributed by atoms with Crippen molar-refractivity contribution in [2.45, 2.75) is 0 Å². The summed E-state index contributed by atoms with van der Waals surface area (Å²) in [7, 11) is 0. The lowest BCUT2D eigenvalue weighted by atomic mass is 10.2.